The van der Waals surface area contributed by atoms with Gasteiger partial charge in [0.15, 0.2) is 11.7 Å². The molecule has 0 aromatic heterocycles. The minimum atomic E-state index is -1.51. The van der Waals surface area contributed by atoms with Gasteiger partial charge < -0.3 is 10.2 Å². The number of carboxylic acid groups (broad SMARTS) is 2. The first-order valence-electron chi connectivity index (χ1n) is 3.60. The van der Waals surface area contributed by atoms with Gasteiger partial charge >= 0.3 is 11.9 Å². The molecule has 0 spiro atoms. The largest absolute Gasteiger partial charge is 0.481 e. The van der Waals surface area contributed by atoms with E-state index in [2.05, 4.69) is 6.58 Å². The lowest BCUT2D eigenvalue weighted by Gasteiger charge is -2.04. The molecule has 0 aliphatic carbocycles. The number of allylic oxidation sites excluding steroid dienone is 1. The van der Waals surface area contributed by atoms with Gasteiger partial charge in [-0.25, -0.2) is 0 Å². The van der Waals surface area contributed by atoms with E-state index >= 15 is 0 Å². The number of carbonyl (C=O) groups is 3. The average Bonchev–Trinajstić information content (AvgIpc) is 2.03. The second-order valence-corrected chi connectivity index (χ2v) is 2.44. The van der Waals surface area contributed by atoms with Crippen LogP contribution in [0.5, 0.6) is 0 Å². The molecule has 5 nitrogen and oxygen atoms in total. The Morgan fingerprint density at radius 1 is 1.23 bits per heavy atom. The highest BCUT2D eigenvalue weighted by atomic mass is 16.4. The predicted molar refractivity (Wildman–Crippen MR) is 43.2 cm³/mol. The third-order valence-corrected chi connectivity index (χ3v) is 1.50. The summed E-state index contributed by atoms with van der Waals surface area (Å²) in [5, 5.41) is 16.8. The van der Waals surface area contributed by atoms with E-state index in [0.29, 0.717) is 0 Å². The second kappa shape index (κ2) is 5.08. The number of rotatable bonds is 6. The monoisotopic (exact) mass is 186 g/mol. The van der Waals surface area contributed by atoms with Crippen molar-refractivity contribution >= 4 is 17.7 Å². The quantitative estimate of drug-likeness (QED) is 0.460. The van der Waals surface area contributed by atoms with Gasteiger partial charge in [-0.1, -0.05) is 6.58 Å². The summed E-state index contributed by atoms with van der Waals surface area (Å²) in [6.45, 7) is 3.18. The number of aliphatic carboxylic acids is 2. The van der Waals surface area contributed by atoms with Crippen molar-refractivity contribution in [2.75, 3.05) is 0 Å². The Morgan fingerprint density at radius 3 is 2.00 bits per heavy atom. The van der Waals surface area contributed by atoms with Crippen LogP contribution in [0.4, 0.5) is 0 Å². The van der Waals surface area contributed by atoms with Crippen molar-refractivity contribution in [3.05, 3.63) is 12.7 Å². The molecule has 5 heteroatoms. The minimum Gasteiger partial charge on any atom is -0.481 e. The molecule has 0 unspecified atom stereocenters. The summed E-state index contributed by atoms with van der Waals surface area (Å²) in [7, 11) is 0. The van der Waals surface area contributed by atoms with E-state index in [4.69, 9.17) is 10.2 Å². The molecule has 0 heterocycles. The van der Waals surface area contributed by atoms with Crippen LogP contribution < -0.4 is 0 Å². The predicted octanol–water partition coefficient (Wildman–Crippen LogP) is 0.307. The smallest absolute Gasteiger partial charge is 0.317 e. The molecule has 0 atom stereocenters. The van der Waals surface area contributed by atoms with Crippen molar-refractivity contribution in [3.8, 4) is 0 Å². The Bertz CT molecular complexity index is 229. The molecular formula is C8H10O5. The van der Waals surface area contributed by atoms with Gasteiger partial charge in [0.2, 0.25) is 0 Å². The normalized spacial score (nSPS) is 9.62. The molecule has 0 saturated heterocycles. The lowest BCUT2D eigenvalue weighted by Crippen LogP contribution is -2.23. The SMILES string of the molecule is C=CC(=O)CCC(C(=O)O)C(=O)O. The molecule has 0 aromatic rings. The Hall–Kier alpha value is -1.65. The first-order chi connectivity index (χ1) is 5.99. The van der Waals surface area contributed by atoms with Gasteiger partial charge in [0, 0.05) is 6.42 Å². The fourth-order valence-electron chi connectivity index (χ4n) is 0.741. The highest BCUT2D eigenvalue weighted by Crippen LogP contribution is 2.07. The summed E-state index contributed by atoms with van der Waals surface area (Å²) < 4.78 is 0. The van der Waals surface area contributed by atoms with E-state index in [0.717, 1.165) is 6.08 Å². The van der Waals surface area contributed by atoms with Crippen molar-refractivity contribution < 1.29 is 24.6 Å². The Labute approximate surface area is 74.7 Å². The van der Waals surface area contributed by atoms with Crippen LogP contribution >= 0.6 is 0 Å². The molecular weight excluding hydrogens is 176 g/mol. The van der Waals surface area contributed by atoms with Gasteiger partial charge in [-0.3, -0.25) is 14.4 Å². The van der Waals surface area contributed by atoms with Crippen molar-refractivity contribution in [1.82, 2.24) is 0 Å². The van der Waals surface area contributed by atoms with Gasteiger partial charge in [0.05, 0.1) is 0 Å². The van der Waals surface area contributed by atoms with Crippen LogP contribution in [0.25, 0.3) is 0 Å². The van der Waals surface area contributed by atoms with Gasteiger partial charge in [-0.15, -0.1) is 0 Å². The van der Waals surface area contributed by atoms with Gasteiger partial charge in [-0.05, 0) is 12.5 Å². The van der Waals surface area contributed by atoms with Crippen LogP contribution in [0, 0.1) is 5.92 Å². The van der Waals surface area contributed by atoms with Crippen LogP contribution in [0.3, 0.4) is 0 Å². The van der Waals surface area contributed by atoms with E-state index in [1.807, 2.05) is 0 Å². The van der Waals surface area contributed by atoms with E-state index in [1.165, 1.54) is 0 Å². The molecule has 0 aromatic carbocycles. The summed E-state index contributed by atoms with van der Waals surface area (Å²) in [6.07, 6.45) is 0.739. The zero-order chi connectivity index (χ0) is 10.4. The topological polar surface area (TPSA) is 91.7 Å². The number of ketones is 1. The molecule has 0 bridgehead atoms. The van der Waals surface area contributed by atoms with Crippen LogP contribution in [0.1, 0.15) is 12.8 Å². The Balaban J connectivity index is 4.12. The molecule has 0 rings (SSSR count). The van der Waals surface area contributed by atoms with Crippen molar-refractivity contribution in [3.63, 3.8) is 0 Å². The molecule has 2 N–H and O–H groups in total. The minimum absolute atomic E-state index is 0.104. The molecule has 13 heavy (non-hydrogen) atoms. The molecule has 0 aliphatic rings. The molecule has 0 aliphatic heterocycles. The summed E-state index contributed by atoms with van der Waals surface area (Å²) in [5.74, 6) is -4.72. The number of carboxylic acids is 2. The van der Waals surface area contributed by atoms with E-state index in [-0.39, 0.29) is 18.6 Å². The zero-order valence-electron chi connectivity index (χ0n) is 6.90. The van der Waals surface area contributed by atoms with Gasteiger partial charge in [0.1, 0.15) is 0 Å². The van der Waals surface area contributed by atoms with E-state index in [1.54, 1.807) is 0 Å². The first kappa shape index (κ1) is 11.4. The Morgan fingerprint density at radius 2 is 1.69 bits per heavy atom. The van der Waals surface area contributed by atoms with Crippen LogP contribution in [-0.2, 0) is 14.4 Å². The lowest BCUT2D eigenvalue weighted by atomic mass is 10.0. The highest BCUT2D eigenvalue weighted by molar-refractivity contribution is 5.94. The highest BCUT2D eigenvalue weighted by Gasteiger charge is 2.25. The maximum Gasteiger partial charge on any atom is 0.317 e. The summed E-state index contributed by atoms with van der Waals surface area (Å²) in [6, 6.07) is 0. The van der Waals surface area contributed by atoms with E-state index < -0.39 is 17.9 Å². The van der Waals surface area contributed by atoms with Crippen LogP contribution in [0.2, 0.25) is 0 Å². The lowest BCUT2D eigenvalue weighted by molar-refractivity contribution is -0.154. The van der Waals surface area contributed by atoms with Gasteiger partial charge in [-0.2, -0.15) is 0 Å². The zero-order valence-corrected chi connectivity index (χ0v) is 6.90. The maximum absolute atomic E-state index is 10.7. The van der Waals surface area contributed by atoms with E-state index in [9.17, 15) is 14.4 Å². The van der Waals surface area contributed by atoms with Crippen molar-refractivity contribution in [2.45, 2.75) is 12.8 Å². The molecule has 0 fully saturated rings. The summed E-state index contributed by atoms with van der Waals surface area (Å²) in [4.78, 5) is 31.3. The number of carbonyl (C=O) groups excluding carboxylic acids is 1. The maximum atomic E-state index is 10.7. The molecule has 0 amide bonds. The van der Waals surface area contributed by atoms with Crippen LogP contribution in [-0.4, -0.2) is 27.9 Å². The summed E-state index contributed by atoms with van der Waals surface area (Å²) in [5.41, 5.74) is 0. The third kappa shape index (κ3) is 4.05. The average molecular weight is 186 g/mol. The summed E-state index contributed by atoms with van der Waals surface area (Å²) >= 11 is 0. The number of hydrogen-bond acceptors (Lipinski definition) is 3. The number of hydrogen-bond donors (Lipinski definition) is 2. The standard InChI is InChI=1S/C8H10O5/c1-2-5(9)3-4-6(7(10)11)8(12)13/h2,6H,1,3-4H2,(H,10,11)(H,12,13). The first-order valence-corrected chi connectivity index (χ1v) is 3.60. The van der Waals surface area contributed by atoms with Crippen molar-refractivity contribution in [2.24, 2.45) is 5.92 Å². The van der Waals surface area contributed by atoms with Gasteiger partial charge in [0.25, 0.3) is 0 Å². The second-order valence-electron chi connectivity index (χ2n) is 2.44. The fraction of sp³-hybridized carbons (Fsp3) is 0.375. The van der Waals surface area contributed by atoms with Crippen LogP contribution in [0.15, 0.2) is 12.7 Å². The fourth-order valence-corrected chi connectivity index (χ4v) is 0.741. The van der Waals surface area contributed by atoms with Crippen molar-refractivity contribution in [1.29, 1.82) is 0 Å². The molecule has 72 valence electrons. The third-order valence-electron chi connectivity index (χ3n) is 1.50. The molecule has 0 radical (unpaired) electrons. The molecule has 0 saturated carbocycles. The Kier molecular flexibility index (Phi) is 4.43.